The molecule has 1 unspecified atom stereocenters. The molecule has 0 aromatic carbocycles. The molecular weight excluding hydrogens is 372 g/mol. The van der Waals surface area contributed by atoms with E-state index in [9.17, 15) is 13.7 Å². The van der Waals surface area contributed by atoms with Crippen LogP contribution in [-0.2, 0) is 22.3 Å². The predicted octanol–water partition coefficient (Wildman–Crippen LogP) is 2.10. The van der Waals surface area contributed by atoms with Crippen molar-refractivity contribution < 1.29 is 46.8 Å². The third kappa shape index (κ3) is 19.5. The Balaban J connectivity index is 0. The Hall–Kier alpha value is 1.41. The van der Waals surface area contributed by atoms with Gasteiger partial charge in [0.1, 0.15) is 0 Å². The summed E-state index contributed by atoms with van der Waals surface area (Å²) in [5.74, 6) is 1.07. The van der Waals surface area contributed by atoms with Crippen molar-refractivity contribution in [1.82, 2.24) is 0 Å². The Bertz CT molecular complexity index is 400. The Morgan fingerprint density at radius 2 is 1.36 bits per heavy atom. The van der Waals surface area contributed by atoms with Crippen molar-refractivity contribution in [2.75, 3.05) is 0 Å². The molecular formula is C8H22NaO10P3. The Morgan fingerprint density at radius 1 is 0.955 bits per heavy atom. The summed E-state index contributed by atoms with van der Waals surface area (Å²) in [7, 11) is -16.2. The van der Waals surface area contributed by atoms with Crippen LogP contribution in [0.15, 0.2) is 0 Å². The molecule has 0 amide bonds. The molecule has 0 spiro atoms. The van der Waals surface area contributed by atoms with Gasteiger partial charge in [0, 0.05) is 0 Å². The summed E-state index contributed by atoms with van der Waals surface area (Å²) in [6.45, 7) is 4.60. The standard InChI is InChI=1S/C8H17.Na.H5O10P3/c1-4-6-7-8(3)5-2;;1-11(2,3)9-13(7,8)10-12(4,5)6/h8H,3-7H2,1-2H3;;(H,7,8)(H2,1,2,3)(H2,4,5,6). The van der Waals surface area contributed by atoms with Crippen molar-refractivity contribution in [3.8, 4) is 0 Å². The molecule has 0 saturated carbocycles. The zero-order valence-electron chi connectivity index (χ0n) is 12.7. The van der Waals surface area contributed by atoms with Crippen molar-refractivity contribution >= 4 is 51.4 Å². The van der Waals surface area contributed by atoms with E-state index in [0.717, 1.165) is 5.92 Å². The number of phosphoric acid groups is 3. The summed E-state index contributed by atoms with van der Waals surface area (Å²) in [6.07, 6.45) is 5.71. The zero-order valence-corrected chi connectivity index (χ0v) is 17.4. The van der Waals surface area contributed by atoms with Crippen LogP contribution in [0, 0.1) is 5.92 Å². The molecule has 0 rings (SSSR count). The van der Waals surface area contributed by atoms with E-state index in [4.69, 9.17) is 24.5 Å². The van der Waals surface area contributed by atoms with Gasteiger partial charge in [-0.3, -0.25) is 0 Å². The molecule has 0 aliphatic heterocycles. The Kier molecular flexibility index (Phi) is 13.8. The number of hydrogen-bond acceptors (Lipinski definition) is 5. The molecule has 0 aliphatic rings. The van der Waals surface area contributed by atoms with Crippen LogP contribution < -0.4 is 0 Å². The third-order valence-corrected chi connectivity index (χ3v) is 7.05. The van der Waals surface area contributed by atoms with Crippen LogP contribution in [0.3, 0.4) is 0 Å². The molecule has 14 heteroatoms. The van der Waals surface area contributed by atoms with Gasteiger partial charge in [-0.15, -0.1) is 0 Å². The maximum Gasteiger partial charge on any atom is 0.490 e. The van der Waals surface area contributed by atoms with Crippen LogP contribution in [0.2, 0.25) is 3.67 Å². The number of rotatable bonds is 9. The van der Waals surface area contributed by atoms with E-state index in [1.54, 1.807) is 0 Å². The van der Waals surface area contributed by atoms with Crippen molar-refractivity contribution in [1.29, 1.82) is 0 Å². The van der Waals surface area contributed by atoms with Crippen molar-refractivity contribution in [2.24, 2.45) is 5.92 Å². The molecule has 5 N–H and O–H groups in total. The van der Waals surface area contributed by atoms with Gasteiger partial charge in [-0.25, -0.2) is 13.7 Å². The SMILES string of the molecule is CCCCC(CC)[CH2][Na].O=P(O)(O)OP(=O)(O)OP(=O)(O)O. The van der Waals surface area contributed by atoms with Gasteiger partial charge < -0.3 is 24.5 Å². The van der Waals surface area contributed by atoms with Gasteiger partial charge in [0.15, 0.2) is 0 Å². The van der Waals surface area contributed by atoms with Crippen molar-refractivity contribution in [3.05, 3.63) is 0 Å². The summed E-state index contributed by atoms with van der Waals surface area (Å²) in [4.78, 5) is 40.2. The second-order valence-corrected chi connectivity index (χ2v) is 9.46. The third-order valence-electron chi connectivity index (χ3n) is 2.54. The molecule has 0 aliphatic carbocycles. The zero-order chi connectivity index (χ0) is 18.0. The first-order valence-corrected chi connectivity index (χ1v) is 12.6. The van der Waals surface area contributed by atoms with Gasteiger partial charge in [0.05, 0.1) is 0 Å². The fraction of sp³-hybridized carbons (Fsp3) is 1.00. The van der Waals surface area contributed by atoms with Gasteiger partial charge in [-0.05, 0) is 0 Å². The van der Waals surface area contributed by atoms with E-state index < -0.39 is 23.5 Å². The second-order valence-electron chi connectivity index (χ2n) is 4.44. The van der Waals surface area contributed by atoms with E-state index >= 15 is 0 Å². The average Bonchev–Trinajstić information content (AvgIpc) is 2.24. The second kappa shape index (κ2) is 11.9. The van der Waals surface area contributed by atoms with E-state index in [-0.39, 0.29) is 0 Å². The Morgan fingerprint density at radius 3 is 1.59 bits per heavy atom. The van der Waals surface area contributed by atoms with Crippen LogP contribution in [-0.4, -0.2) is 52.4 Å². The molecule has 0 aromatic heterocycles. The van der Waals surface area contributed by atoms with E-state index in [1.807, 2.05) is 0 Å². The fourth-order valence-corrected chi connectivity index (χ4v) is 5.00. The molecule has 0 heterocycles. The van der Waals surface area contributed by atoms with Crippen molar-refractivity contribution in [3.63, 3.8) is 0 Å². The van der Waals surface area contributed by atoms with E-state index in [1.165, 1.54) is 57.3 Å². The largest absolute Gasteiger partial charge is 0.490 e. The van der Waals surface area contributed by atoms with Gasteiger partial charge >= 0.3 is 101 Å². The average molecular weight is 394 g/mol. The minimum absolute atomic E-state index is 1.07. The van der Waals surface area contributed by atoms with E-state index in [2.05, 4.69) is 22.5 Å². The molecule has 1 atom stereocenters. The molecule has 0 bridgehead atoms. The molecule has 22 heavy (non-hydrogen) atoms. The molecule has 0 aromatic rings. The van der Waals surface area contributed by atoms with Gasteiger partial charge in [0.2, 0.25) is 0 Å². The molecule has 0 radical (unpaired) electrons. The number of hydrogen-bond donors (Lipinski definition) is 5. The maximum atomic E-state index is 10.4. The molecule has 0 fully saturated rings. The molecule has 0 saturated heterocycles. The van der Waals surface area contributed by atoms with Crippen LogP contribution in [0.4, 0.5) is 0 Å². The minimum Gasteiger partial charge on any atom is -0.302 e. The smallest absolute Gasteiger partial charge is 0.302 e. The first-order valence-electron chi connectivity index (χ1n) is 6.62. The predicted molar refractivity (Wildman–Crippen MR) is 80.0 cm³/mol. The quantitative estimate of drug-likeness (QED) is 0.288. The van der Waals surface area contributed by atoms with Gasteiger partial charge in [-0.1, -0.05) is 0 Å². The summed E-state index contributed by atoms with van der Waals surface area (Å²) in [6, 6.07) is 0. The summed E-state index contributed by atoms with van der Waals surface area (Å²) >= 11 is 1.40. The van der Waals surface area contributed by atoms with Crippen LogP contribution in [0.25, 0.3) is 0 Å². The molecule has 10 nitrogen and oxygen atoms in total. The Labute approximate surface area is 147 Å². The topological polar surface area (TPSA) is 171 Å². The van der Waals surface area contributed by atoms with Crippen molar-refractivity contribution in [2.45, 2.75) is 43.2 Å². The summed E-state index contributed by atoms with van der Waals surface area (Å²) in [5, 5.41) is 0. The normalized spacial score (nSPS) is 14.2. The van der Waals surface area contributed by atoms with E-state index in [0.29, 0.717) is 0 Å². The van der Waals surface area contributed by atoms with Crippen LogP contribution in [0.1, 0.15) is 39.5 Å². The first kappa shape index (κ1) is 25.6. The van der Waals surface area contributed by atoms with Crippen LogP contribution in [0.5, 0.6) is 0 Å². The summed E-state index contributed by atoms with van der Waals surface area (Å²) < 4.78 is 37.9. The summed E-state index contributed by atoms with van der Waals surface area (Å²) in [5.41, 5.74) is 0. The van der Waals surface area contributed by atoms with Gasteiger partial charge in [0.25, 0.3) is 0 Å². The maximum absolute atomic E-state index is 10.4. The van der Waals surface area contributed by atoms with Gasteiger partial charge in [-0.2, -0.15) is 8.62 Å². The molecule has 130 valence electrons. The minimum atomic E-state index is -5.46. The first-order chi connectivity index (χ1) is 9.76. The monoisotopic (exact) mass is 394 g/mol. The van der Waals surface area contributed by atoms with Crippen LogP contribution >= 0.6 is 23.5 Å². The number of unbranched alkanes of at least 4 members (excludes halogenated alkanes) is 1. The fourth-order valence-electron chi connectivity index (χ4n) is 1.47.